The first kappa shape index (κ1) is 21.6. The summed E-state index contributed by atoms with van der Waals surface area (Å²) in [6, 6.07) is 10.1. The summed E-state index contributed by atoms with van der Waals surface area (Å²) in [6.07, 6.45) is 2.01. The van der Waals surface area contributed by atoms with E-state index in [1.807, 2.05) is 0 Å². The molecular weight excluding hydrogens is 432 g/mol. The number of furan rings is 1. The summed E-state index contributed by atoms with van der Waals surface area (Å²) >= 11 is 0. The second-order valence-corrected chi connectivity index (χ2v) is 9.18. The molecule has 0 aliphatic heterocycles. The third kappa shape index (κ3) is 4.22. The fraction of sp³-hybridized carbons (Fsp3) is 0.227. The number of aromatic nitrogens is 2. The summed E-state index contributed by atoms with van der Waals surface area (Å²) in [5, 5.41) is 7.29. The van der Waals surface area contributed by atoms with Gasteiger partial charge in [0.25, 0.3) is 11.6 Å². The molecule has 0 bridgehead atoms. The Balaban J connectivity index is 1.71. The summed E-state index contributed by atoms with van der Waals surface area (Å²) in [5.74, 6) is 0.0899. The lowest BCUT2D eigenvalue weighted by molar-refractivity contribution is 0.102. The summed E-state index contributed by atoms with van der Waals surface area (Å²) in [6.45, 7) is 5.26. The highest BCUT2D eigenvalue weighted by Gasteiger charge is 2.21. The Morgan fingerprint density at radius 3 is 2.62 bits per heavy atom. The second kappa shape index (κ2) is 8.46. The smallest absolute Gasteiger partial charge is 0.259 e. The van der Waals surface area contributed by atoms with Gasteiger partial charge in [-0.3, -0.25) is 9.52 Å². The van der Waals surface area contributed by atoms with Crippen LogP contribution in [0.3, 0.4) is 0 Å². The number of pyridine rings is 1. The third-order valence-corrected chi connectivity index (χ3v) is 6.43. The fourth-order valence-electron chi connectivity index (χ4n) is 3.38. The number of carbonyl (C=O) groups is 1. The largest absolute Gasteiger partial charge is 0.463 e. The number of anilines is 2. The van der Waals surface area contributed by atoms with Crippen molar-refractivity contribution < 1.29 is 22.2 Å². The summed E-state index contributed by atoms with van der Waals surface area (Å²) in [7, 11) is -3.46. The highest BCUT2D eigenvalue weighted by molar-refractivity contribution is 7.92. The molecule has 32 heavy (non-hydrogen) atoms. The average Bonchev–Trinajstić information content (AvgIpc) is 3.40. The fourth-order valence-corrected chi connectivity index (χ4v) is 4.58. The highest BCUT2D eigenvalue weighted by atomic mass is 32.2. The first-order valence-electron chi connectivity index (χ1n) is 10.0. The van der Waals surface area contributed by atoms with Crippen LogP contribution >= 0.6 is 0 Å². The molecule has 0 aliphatic rings. The topological polar surface area (TPSA) is 127 Å². The Morgan fingerprint density at radius 1 is 1.12 bits per heavy atom. The number of benzene rings is 1. The van der Waals surface area contributed by atoms with Crippen LogP contribution in [-0.2, 0) is 10.0 Å². The molecule has 0 atom stereocenters. The van der Waals surface area contributed by atoms with Crippen molar-refractivity contribution in [2.45, 2.75) is 27.2 Å². The number of sulfonamides is 1. The molecule has 0 saturated carbocycles. The van der Waals surface area contributed by atoms with Crippen LogP contribution in [-0.4, -0.2) is 30.2 Å². The maximum Gasteiger partial charge on any atom is 0.259 e. The van der Waals surface area contributed by atoms with Gasteiger partial charge in [-0.1, -0.05) is 18.1 Å². The quantitative estimate of drug-likeness (QED) is 0.421. The van der Waals surface area contributed by atoms with Crippen molar-refractivity contribution in [1.82, 2.24) is 10.1 Å². The van der Waals surface area contributed by atoms with Crippen molar-refractivity contribution in [3.05, 3.63) is 59.5 Å². The molecule has 1 amide bonds. The number of rotatable bonds is 7. The Labute approximate surface area is 184 Å². The van der Waals surface area contributed by atoms with Crippen LogP contribution in [0.1, 0.15) is 35.0 Å². The number of nitrogens with zero attached hydrogens (tertiary/aromatic N) is 2. The highest BCUT2D eigenvalue weighted by Crippen LogP contribution is 2.29. The van der Waals surface area contributed by atoms with Gasteiger partial charge in [0.1, 0.15) is 5.69 Å². The van der Waals surface area contributed by atoms with E-state index in [1.54, 1.807) is 57.2 Å². The van der Waals surface area contributed by atoms with Crippen LogP contribution in [0, 0.1) is 13.8 Å². The number of nitrogens with one attached hydrogen (secondary N) is 2. The monoisotopic (exact) mass is 454 g/mol. The molecule has 0 spiro atoms. The Bertz CT molecular complexity index is 1390. The van der Waals surface area contributed by atoms with Gasteiger partial charge < -0.3 is 14.3 Å². The molecule has 4 rings (SSSR count). The lowest BCUT2D eigenvalue weighted by Crippen LogP contribution is -2.18. The molecule has 4 aromatic rings. The summed E-state index contributed by atoms with van der Waals surface area (Å²) in [4.78, 5) is 17.7. The van der Waals surface area contributed by atoms with Gasteiger partial charge in [-0.15, -0.1) is 0 Å². The van der Waals surface area contributed by atoms with Crippen molar-refractivity contribution >= 4 is 38.4 Å². The van der Waals surface area contributed by atoms with Crippen LogP contribution in [0.25, 0.3) is 22.6 Å². The second-order valence-electron chi connectivity index (χ2n) is 7.33. The van der Waals surface area contributed by atoms with E-state index in [-0.39, 0.29) is 11.5 Å². The minimum Gasteiger partial charge on any atom is -0.463 e. The average molecular weight is 455 g/mol. The van der Waals surface area contributed by atoms with Gasteiger partial charge in [-0.25, -0.2) is 13.4 Å². The maximum atomic E-state index is 13.3. The van der Waals surface area contributed by atoms with E-state index in [2.05, 4.69) is 20.2 Å². The molecule has 1 aromatic carbocycles. The molecule has 9 nitrogen and oxygen atoms in total. The number of aryl methyl sites for hydroxylation is 1. The number of hydrogen-bond donors (Lipinski definition) is 2. The molecule has 166 valence electrons. The van der Waals surface area contributed by atoms with Crippen molar-refractivity contribution in [1.29, 1.82) is 0 Å². The maximum absolute atomic E-state index is 13.3. The number of amides is 1. The van der Waals surface area contributed by atoms with Gasteiger partial charge in [0.05, 0.1) is 34.3 Å². The van der Waals surface area contributed by atoms with E-state index in [1.165, 1.54) is 6.26 Å². The van der Waals surface area contributed by atoms with Gasteiger partial charge in [0.2, 0.25) is 10.0 Å². The molecule has 0 unspecified atom stereocenters. The normalized spacial score (nSPS) is 11.6. The lowest BCUT2D eigenvalue weighted by atomic mass is 10.1. The van der Waals surface area contributed by atoms with E-state index < -0.39 is 15.9 Å². The molecule has 10 heteroatoms. The van der Waals surface area contributed by atoms with Crippen LogP contribution in [0.4, 0.5) is 11.4 Å². The standard InChI is InChI=1S/C22H22N4O5S/c1-4-11-32(28,29)26-17-8-5-7-16(13(17)2)23-21(27)15-12-18(19-9-6-10-30-19)24-22-20(15)14(3)25-31-22/h5-10,12,26H,4,11H2,1-3H3,(H,23,27). The predicted molar refractivity (Wildman–Crippen MR) is 121 cm³/mol. The van der Waals surface area contributed by atoms with Crippen LogP contribution < -0.4 is 10.0 Å². The van der Waals surface area contributed by atoms with Crippen molar-refractivity contribution in [2.75, 3.05) is 15.8 Å². The third-order valence-electron chi connectivity index (χ3n) is 4.96. The predicted octanol–water partition coefficient (Wildman–Crippen LogP) is 4.50. The minimum absolute atomic E-state index is 0.0142. The Hall–Kier alpha value is -3.66. The van der Waals surface area contributed by atoms with E-state index >= 15 is 0 Å². The molecular formula is C22H22N4O5S. The molecule has 0 radical (unpaired) electrons. The molecule has 0 fully saturated rings. The first-order chi connectivity index (χ1) is 15.3. The molecule has 3 heterocycles. The van der Waals surface area contributed by atoms with Crippen LogP contribution in [0.5, 0.6) is 0 Å². The first-order valence-corrected chi connectivity index (χ1v) is 11.7. The molecule has 3 aromatic heterocycles. The summed E-state index contributed by atoms with van der Waals surface area (Å²) in [5.41, 5.74) is 2.98. The van der Waals surface area contributed by atoms with Gasteiger partial charge in [-0.05, 0) is 56.2 Å². The molecule has 0 saturated heterocycles. The zero-order valence-electron chi connectivity index (χ0n) is 17.8. The minimum atomic E-state index is -3.46. The zero-order valence-corrected chi connectivity index (χ0v) is 18.6. The number of fused-ring (bicyclic) bond motifs is 1. The van der Waals surface area contributed by atoms with Gasteiger partial charge in [-0.2, -0.15) is 0 Å². The van der Waals surface area contributed by atoms with Gasteiger partial charge in [0, 0.05) is 5.69 Å². The van der Waals surface area contributed by atoms with Crippen molar-refractivity contribution in [3.8, 4) is 11.5 Å². The van der Waals surface area contributed by atoms with Crippen molar-refractivity contribution in [3.63, 3.8) is 0 Å². The summed E-state index contributed by atoms with van der Waals surface area (Å²) < 4.78 is 37.6. The lowest BCUT2D eigenvalue weighted by Gasteiger charge is -2.14. The Morgan fingerprint density at radius 2 is 1.91 bits per heavy atom. The van der Waals surface area contributed by atoms with Gasteiger partial charge in [0.15, 0.2) is 5.76 Å². The van der Waals surface area contributed by atoms with Crippen LogP contribution in [0.15, 0.2) is 51.6 Å². The van der Waals surface area contributed by atoms with Gasteiger partial charge >= 0.3 is 0 Å². The van der Waals surface area contributed by atoms with Crippen LogP contribution in [0.2, 0.25) is 0 Å². The van der Waals surface area contributed by atoms with E-state index in [0.29, 0.717) is 51.5 Å². The number of hydrogen-bond acceptors (Lipinski definition) is 7. The Kier molecular flexibility index (Phi) is 5.70. The van der Waals surface area contributed by atoms with E-state index in [9.17, 15) is 13.2 Å². The van der Waals surface area contributed by atoms with E-state index in [0.717, 1.165) is 0 Å². The SMILES string of the molecule is CCCS(=O)(=O)Nc1cccc(NC(=O)c2cc(-c3ccco3)nc3onc(C)c23)c1C. The van der Waals surface area contributed by atoms with E-state index in [4.69, 9.17) is 8.94 Å². The molecule has 2 N–H and O–H groups in total. The molecule has 0 aliphatic carbocycles. The zero-order chi connectivity index (χ0) is 22.9. The number of carbonyl (C=O) groups excluding carboxylic acids is 1. The van der Waals surface area contributed by atoms with Crippen molar-refractivity contribution in [2.24, 2.45) is 0 Å².